The number of likely N-dealkylation sites (N-methyl/N-ethyl adjacent to an activating group) is 1. The molecular weight excluding hydrogens is 265 g/mol. The first-order valence-corrected chi connectivity index (χ1v) is 7.03. The molecular formula is C18H20FNO. The van der Waals surface area contributed by atoms with E-state index in [9.17, 15) is 9.18 Å². The van der Waals surface area contributed by atoms with Crippen LogP contribution < -0.4 is 0 Å². The molecule has 0 aliphatic carbocycles. The molecule has 110 valence electrons. The number of rotatable bonds is 5. The second-order valence-corrected chi connectivity index (χ2v) is 5.45. The fraction of sp³-hybridized carbons (Fsp3) is 0.278. The van der Waals surface area contributed by atoms with Crippen molar-refractivity contribution in [2.75, 3.05) is 7.05 Å². The third-order valence-electron chi connectivity index (χ3n) is 3.72. The van der Waals surface area contributed by atoms with Gasteiger partial charge in [-0.2, -0.15) is 0 Å². The van der Waals surface area contributed by atoms with Crippen molar-refractivity contribution in [3.8, 4) is 0 Å². The Bertz CT molecular complexity index is 604. The molecule has 0 amide bonds. The molecule has 2 rings (SSSR count). The highest BCUT2D eigenvalue weighted by molar-refractivity contribution is 5.99. The maximum absolute atomic E-state index is 12.9. The van der Waals surface area contributed by atoms with Gasteiger partial charge in [-0.3, -0.25) is 9.69 Å². The van der Waals surface area contributed by atoms with Gasteiger partial charge in [-0.25, -0.2) is 4.39 Å². The molecule has 0 aromatic heterocycles. The van der Waals surface area contributed by atoms with Crippen molar-refractivity contribution < 1.29 is 9.18 Å². The van der Waals surface area contributed by atoms with Gasteiger partial charge in [0.2, 0.25) is 0 Å². The highest BCUT2D eigenvalue weighted by Crippen LogP contribution is 2.12. The fourth-order valence-electron chi connectivity index (χ4n) is 2.17. The Hall–Kier alpha value is -2.00. The summed E-state index contributed by atoms with van der Waals surface area (Å²) in [5.74, 6) is -0.322. The van der Waals surface area contributed by atoms with Crippen LogP contribution in [0, 0.1) is 12.7 Å². The van der Waals surface area contributed by atoms with Crippen LogP contribution in [-0.4, -0.2) is 23.8 Å². The molecule has 3 heteroatoms. The van der Waals surface area contributed by atoms with Crippen molar-refractivity contribution >= 4 is 5.78 Å². The van der Waals surface area contributed by atoms with E-state index < -0.39 is 0 Å². The Kier molecular flexibility index (Phi) is 4.86. The van der Waals surface area contributed by atoms with Crippen LogP contribution in [0.25, 0.3) is 0 Å². The topological polar surface area (TPSA) is 20.3 Å². The van der Waals surface area contributed by atoms with Crippen molar-refractivity contribution in [2.45, 2.75) is 26.4 Å². The van der Waals surface area contributed by atoms with Crippen LogP contribution in [0.5, 0.6) is 0 Å². The second kappa shape index (κ2) is 6.64. The summed E-state index contributed by atoms with van der Waals surface area (Å²) in [5, 5.41) is 0. The number of hydrogen-bond acceptors (Lipinski definition) is 2. The first kappa shape index (κ1) is 15.4. The van der Waals surface area contributed by atoms with Crippen LogP contribution >= 0.6 is 0 Å². The Morgan fingerprint density at radius 3 is 2.24 bits per heavy atom. The summed E-state index contributed by atoms with van der Waals surface area (Å²) in [4.78, 5) is 14.4. The van der Waals surface area contributed by atoms with Crippen LogP contribution in [-0.2, 0) is 6.54 Å². The van der Waals surface area contributed by atoms with Gasteiger partial charge in [-0.1, -0.05) is 29.8 Å². The molecule has 0 N–H and O–H groups in total. The van der Waals surface area contributed by atoms with E-state index in [1.165, 1.54) is 35.4 Å². The van der Waals surface area contributed by atoms with Crippen molar-refractivity contribution in [3.05, 3.63) is 71.0 Å². The summed E-state index contributed by atoms with van der Waals surface area (Å²) in [6.07, 6.45) is 0. The lowest BCUT2D eigenvalue weighted by molar-refractivity contribution is 0.0862. The molecule has 0 saturated heterocycles. The Balaban J connectivity index is 2.04. The van der Waals surface area contributed by atoms with Crippen molar-refractivity contribution in [1.82, 2.24) is 4.90 Å². The lowest BCUT2D eigenvalue weighted by atomic mass is 10.0. The van der Waals surface area contributed by atoms with E-state index in [0.29, 0.717) is 12.1 Å². The molecule has 0 saturated carbocycles. The number of hydrogen-bond donors (Lipinski definition) is 0. The Morgan fingerprint density at radius 1 is 1.10 bits per heavy atom. The van der Waals surface area contributed by atoms with Crippen LogP contribution in [0.4, 0.5) is 4.39 Å². The maximum Gasteiger partial charge on any atom is 0.179 e. The van der Waals surface area contributed by atoms with Gasteiger partial charge in [-0.05, 0) is 50.7 Å². The SMILES string of the molecule is Cc1ccc(CN(C)C(C)C(=O)c2ccc(F)cc2)cc1. The van der Waals surface area contributed by atoms with Gasteiger partial charge in [0.05, 0.1) is 6.04 Å². The smallest absolute Gasteiger partial charge is 0.179 e. The zero-order valence-corrected chi connectivity index (χ0v) is 12.6. The Morgan fingerprint density at radius 2 is 1.67 bits per heavy atom. The highest BCUT2D eigenvalue weighted by Gasteiger charge is 2.19. The molecule has 0 heterocycles. The number of carbonyl (C=O) groups is 1. The van der Waals surface area contributed by atoms with Gasteiger partial charge in [-0.15, -0.1) is 0 Å². The van der Waals surface area contributed by atoms with E-state index in [0.717, 1.165) is 0 Å². The first-order chi connectivity index (χ1) is 9.97. The van der Waals surface area contributed by atoms with Gasteiger partial charge in [0, 0.05) is 12.1 Å². The van der Waals surface area contributed by atoms with E-state index in [1.807, 2.05) is 25.8 Å². The van der Waals surface area contributed by atoms with Crippen LogP contribution in [0.3, 0.4) is 0 Å². The summed E-state index contributed by atoms with van der Waals surface area (Å²) in [5.41, 5.74) is 2.93. The molecule has 0 bridgehead atoms. The fourth-order valence-corrected chi connectivity index (χ4v) is 2.17. The zero-order chi connectivity index (χ0) is 15.4. The van der Waals surface area contributed by atoms with E-state index in [4.69, 9.17) is 0 Å². The molecule has 0 radical (unpaired) electrons. The largest absolute Gasteiger partial charge is 0.292 e. The average molecular weight is 285 g/mol. The average Bonchev–Trinajstić information content (AvgIpc) is 2.49. The van der Waals surface area contributed by atoms with E-state index in [-0.39, 0.29) is 17.6 Å². The van der Waals surface area contributed by atoms with Gasteiger partial charge in [0.1, 0.15) is 5.82 Å². The number of Topliss-reactive ketones (excluding diaryl/α,β-unsaturated/α-hetero) is 1. The highest BCUT2D eigenvalue weighted by atomic mass is 19.1. The zero-order valence-electron chi connectivity index (χ0n) is 12.6. The van der Waals surface area contributed by atoms with Crippen molar-refractivity contribution in [3.63, 3.8) is 0 Å². The summed E-state index contributed by atoms with van der Waals surface area (Å²) in [6.45, 7) is 4.63. The monoisotopic (exact) mass is 285 g/mol. The molecule has 21 heavy (non-hydrogen) atoms. The van der Waals surface area contributed by atoms with E-state index in [2.05, 4.69) is 24.3 Å². The standard InChI is InChI=1S/C18H20FNO/c1-13-4-6-15(7-5-13)12-20(3)14(2)18(21)16-8-10-17(19)11-9-16/h4-11,14H,12H2,1-3H3. The molecule has 1 unspecified atom stereocenters. The molecule has 0 aliphatic heterocycles. The lowest BCUT2D eigenvalue weighted by Gasteiger charge is -2.23. The number of carbonyl (C=O) groups excluding carboxylic acids is 1. The minimum absolute atomic E-state index is 0.00427. The number of ketones is 1. The van der Waals surface area contributed by atoms with Gasteiger partial charge in [0.15, 0.2) is 5.78 Å². The summed E-state index contributed by atoms with van der Waals surface area (Å²) >= 11 is 0. The molecule has 2 aromatic rings. The van der Waals surface area contributed by atoms with Crippen molar-refractivity contribution in [1.29, 1.82) is 0 Å². The number of halogens is 1. The summed E-state index contributed by atoms with van der Waals surface area (Å²) in [7, 11) is 1.92. The third kappa shape index (κ3) is 3.99. The van der Waals surface area contributed by atoms with Crippen molar-refractivity contribution in [2.24, 2.45) is 0 Å². The Labute approximate surface area is 125 Å². The number of aryl methyl sites for hydroxylation is 1. The summed E-state index contributed by atoms with van der Waals surface area (Å²) in [6, 6.07) is 13.7. The molecule has 0 fully saturated rings. The second-order valence-electron chi connectivity index (χ2n) is 5.45. The minimum Gasteiger partial charge on any atom is -0.292 e. The summed E-state index contributed by atoms with van der Waals surface area (Å²) < 4.78 is 12.9. The molecule has 1 atom stereocenters. The molecule has 0 aliphatic rings. The minimum atomic E-state index is -0.327. The van der Waals surface area contributed by atoms with Gasteiger partial charge < -0.3 is 0 Å². The van der Waals surface area contributed by atoms with Gasteiger partial charge >= 0.3 is 0 Å². The normalized spacial score (nSPS) is 12.4. The number of benzene rings is 2. The van der Waals surface area contributed by atoms with Gasteiger partial charge in [0.25, 0.3) is 0 Å². The van der Waals surface area contributed by atoms with Crippen LogP contribution in [0.1, 0.15) is 28.4 Å². The van der Waals surface area contributed by atoms with Crippen LogP contribution in [0.15, 0.2) is 48.5 Å². The molecule has 2 aromatic carbocycles. The third-order valence-corrected chi connectivity index (χ3v) is 3.72. The quantitative estimate of drug-likeness (QED) is 0.778. The predicted octanol–water partition coefficient (Wildman–Crippen LogP) is 3.84. The lowest BCUT2D eigenvalue weighted by Crippen LogP contribution is -2.35. The maximum atomic E-state index is 12.9. The van der Waals surface area contributed by atoms with E-state index in [1.54, 1.807) is 0 Å². The molecule has 0 spiro atoms. The molecule has 2 nitrogen and oxygen atoms in total. The van der Waals surface area contributed by atoms with E-state index >= 15 is 0 Å². The van der Waals surface area contributed by atoms with Crippen LogP contribution in [0.2, 0.25) is 0 Å². The predicted molar refractivity (Wildman–Crippen MR) is 82.8 cm³/mol. The number of nitrogens with zero attached hydrogens (tertiary/aromatic N) is 1. The first-order valence-electron chi connectivity index (χ1n) is 7.03.